The number of nitrogens with one attached hydrogen (secondary N) is 3. The number of primary amides is 1. The summed E-state index contributed by atoms with van der Waals surface area (Å²) in [5.74, 6) is -1.72. The van der Waals surface area contributed by atoms with Gasteiger partial charge in [-0.25, -0.2) is 0 Å². The summed E-state index contributed by atoms with van der Waals surface area (Å²) < 4.78 is 0. The number of carbonyl (C=O) groups excluding carboxylic acids is 5. The maximum Gasteiger partial charge on any atom is 0.246 e. The minimum atomic E-state index is -0.941. The predicted molar refractivity (Wildman–Crippen MR) is 271 cm³/mol. The van der Waals surface area contributed by atoms with Gasteiger partial charge in [-0.05, 0) is 38.5 Å². The monoisotopic (exact) mass is 917 g/mol. The fraction of sp³-hybridized carbons (Fsp3) is 0.846. The van der Waals surface area contributed by atoms with Gasteiger partial charge in [0, 0.05) is 57.7 Å². The van der Waals surface area contributed by atoms with Crippen molar-refractivity contribution in [3.05, 3.63) is 12.2 Å². The second-order valence-electron chi connectivity index (χ2n) is 18.4. The lowest BCUT2D eigenvalue weighted by molar-refractivity contribution is -0.126. The van der Waals surface area contributed by atoms with E-state index in [1.165, 1.54) is 160 Å². The minimum absolute atomic E-state index is 0.0215. The van der Waals surface area contributed by atoms with Crippen LogP contribution in [-0.2, 0) is 24.0 Å². The van der Waals surface area contributed by atoms with E-state index in [2.05, 4.69) is 34.8 Å². The number of aliphatic imine (C=N–C) groups is 1. The molecule has 0 fully saturated rings. The van der Waals surface area contributed by atoms with Crippen molar-refractivity contribution in [2.45, 2.75) is 251 Å². The third kappa shape index (κ3) is 44.0. The Hall–Kier alpha value is -3.64. The molecule has 13 heteroatoms. The van der Waals surface area contributed by atoms with E-state index in [1.807, 2.05) is 0 Å². The molecule has 0 aliphatic rings. The van der Waals surface area contributed by atoms with Gasteiger partial charge in [-0.1, -0.05) is 194 Å². The molecule has 0 aliphatic carbocycles. The second-order valence-corrected chi connectivity index (χ2v) is 18.4. The lowest BCUT2D eigenvalue weighted by Gasteiger charge is -2.21. The molecule has 0 rings (SSSR count). The molecule has 1 atom stereocenters. The van der Waals surface area contributed by atoms with Gasteiger partial charge in [-0.3, -0.25) is 29.0 Å². The van der Waals surface area contributed by atoms with Crippen LogP contribution in [0.3, 0.4) is 0 Å². The standard InChI is InChI=1S/C52H100N8O5/c1-3-5-7-9-11-13-15-17-19-21-23-25-27-29-31-37-47(61)56-42-34-44-60(50(64)40-39-49(63)59-46(51(53)65)36-33-41-58-52(54)55)45-35-43-57-48(62)38-32-30-28-26-24-22-20-18-16-14-12-10-8-6-4-2/h39-40,46H,3-38,41-45H2,1-2H3,(H2,53,65)(H,56,61)(H,57,62)(H,59,63)(H4,54,55,58)/b40-39-/t46-/m0/s1. The molecule has 0 unspecified atom stereocenters. The molecule has 0 radical (unpaired) electrons. The Balaban J connectivity index is 4.58. The zero-order valence-electron chi connectivity index (χ0n) is 41.9. The second kappa shape index (κ2) is 46.9. The van der Waals surface area contributed by atoms with Gasteiger partial charge in [0.15, 0.2) is 5.96 Å². The summed E-state index contributed by atoms with van der Waals surface area (Å²) in [4.78, 5) is 68.4. The highest BCUT2D eigenvalue weighted by Gasteiger charge is 2.17. The van der Waals surface area contributed by atoms with Crippen LogP contribution >= 0.6 is 0 Å². The summed E-state index contributed by atoms with van der Waals surface area (Å²) >= 11 is 0. The Kier molecular flexibility index (Phi) is 44.2. The molecule has 0 aromatic heterocycles. The maximum absolute atomic E-state index is 13.3. The Labute approximate surface area is 397 Å². The number of rotatable bonds is 48. The van der Waals surface area contributed by atoms with E-state index in [-0.39, 0.29) is 36.6 Å². The largest absolute Gasteiger partial charge is 0.370 e. The minimum Gasteiger partial charge on any atom is -0.370 e. The van der Waals surface area contributed by atoms with Crippen molar-refractivity contribution in [2.75, 3.05) is 32.7 Å². The zero-order chi connectivity index (χ0) is 47.9. The van der Waals surface area contributed by atoms with E-state index in [9.17, 15) is 24.0 Å². The number of nitrogens with two attached hydrogens (primary N) is 3. The highest BCUT2D eigenvalue weighted by atomic mass is 16.2. The molecule has 13 nitrogen and oxygen atoms in total. The van der Waals surface area contributed by atoms with Gasteiger partial charge in [0.05, 0.1) is 0 Å². The number of amides is 5. The van der Waals surface area contributed by atoms with Crippen LogP contribution < -0.4 is 33.2 Å². The van der Waals surface area contributed by atoms with Gasteiger partial charge in [0.1, 0.15) is 6.04 Å². The Morgan fingerprint density at radius 3 is 1.17 bits per heavy atom. The number of hydrogen-bond donors (Lipinski definition) is 6. The summed E-state index contributed by atoms with van der Waals surface area (Å²) in [5.41, 5.74) is 16.2. The highest BCUT2D eigenvalue weighted by molar-refractivity contribution is 5.98. The van der Waals surface area contributed by atoms with Crippen LogP contribution in [0.1, 0.15) is 245 Å². The summed E-state index contributed by atoms with van der Waals surface area (Å²) in [6.45, 7) is 6.41. The fourth-order valence-electron chi connectivity index (χ4n) is 8.08. The van der Waals surface area contributed by atoms with E-state index >= 15 is 0 Å². The molecule has 0 bridgehead atoms. The zero-order valence-corrected chi connectivity index (χ0v) is 41.9. The maximum atomic E-state index is 13.3. The number of hydrogen-bond acceptors (Lipinski definition) is 6. The van der Waals surface area contributed by atoms with Gasteiger partial charge < -0.3 is 38.1 Å². The van der Waals surface area contributed by atoms with Gasteiger partial charge in [0.25, 0.3) is 0 Å². The van der Waals surface area contributed by atoms with E-state index in [0.29, 0.717) is 58.3 Å². The predicted octanol–water partition coefficient (Wildman–Crippen LogP) is 9.93. The van der Waals surface area contributed by atoms with Crippen LogP contribution in [0.2, 0.25) is 0 Å². The molecule has 0 aromatic carbocycles. The molecule has 0 saturated heterocycles. The molecular weight excluding hydrogens is 817 g/mol. The molecule has 0 aromatic rings. The van der Waals surface area contributed by atoms with Crippen molar-refractivity contribution in [3.63, 3.8) is 0 Å². The van der Waals surface area contributed by atoms with E-state index in [1.54, 1.807) is 4.90 Å². The van der Waals surface area contributed by atoms with Gasteiger partial charge >= 0.3 is 0 Å². The van der Waals surface area contributed by atoms with Crippen LogP contribution in [0.25, 0.3) is 0 Å². The van der Waals surface area contributed by atoms with Crippen molar-refractivity contribution >= 4 is 35.5 Å². The number of nitrogens with zero attached hydrogens (tertiary/aromatic N) is 2. The molecule has 0 heterocycles. The van der Waals surface area contributed by atoms with E-state index in [0.717, 1.165) is 44.6 Å². The van der Waals surface area contributed by atoms with Gasteiger partial charge in [-0.15, -0.1) is 0 Å². The summed E-state index contributed by atoms with van der Waals surface area (Å²) in [6, 6.07) is -0.941. The first-order valence-electron chi connectivity index (χ1n) is 26.8. The lowest BCUT2D eigenvalue weighted by atomic mass is 10.0. The van der Waals surface area contributed by atoms with Crippen molar-refractivity contribution in [1.82, 2.24) is 20.9 Å². The van der Waals surface area contributed by atoms with E-state index < -0.39 is 17.9 Å². The number of carbonyl (C=O) groups is 5. The van der Waals surface area contributed by atoms with Crippen molar-refractivity contribution in [1.29, 1.82) is 0 Å². The van der Waals surface area contributed by atoms with Crippen molar-refractivity contribution < 1.29 is 24.0 Å². The first-order chi connectivity index (χ1) is 31.6. The molecule has 65 heavy (non-hydrogen) atoms. The van der Waals surface area contributed by atoms with Crippen molar-refractivity contribution in [2.24, 2.45) is 22.2 Å². The normalized spacial score (nSPS) is 11.7. The Morgan fingerprint density at radius 2 is 0.831 bits per heavy atom. The molecule has 0 saturated carbocycles. The third-order valence-electron chi connectivity index (χ3n) is 12.2. The first-order valence-corrected chi connectivity index (χ1v) is 26.8. The smallest absolute Gasteiger partial charge is 0.246 e. The molecule has 378 valence electrons. The van der Waals surface area contributed by atoms with Crippen LogP contribution in [-0.4, -0.2) is 79.2 Å². The van der Waals surface area contributed by atoms with Crippen LogP contribution in [0.4, 0.5) is 0 Å². The molecule has 5 amide bonds. The Morgan fingerprint density at radius 1 is 0.477 bits per heavy atom. The third-order valence-corrected chi connectivity index (χ3v) is 12.2. The SMILES string of the molecule is CCCCCCCCCCCCCCCCCC(=O)NCCCN(CCCNC(=O)CCCCCCCCCCCCCCCCC)C(=O)/C=C\C(=O)N[C@@H](CCCN=C(N)N)C(N)=O. The lowest BCUT2D eigenvalue weighted by Crippen LogP contribution is -2.44. The summed E-state index contributed by atoms with van der Waals surface area (Å²) in [5, 5.41) is 8.53. The number of unbranched alkanes of at least 4 members (excludes halogenated alkanes) is 28. The number of guanidine groups is 1. The molecule has 9 N–H and O–H groups in total. The fourth-order valence-corrected chi connectivity index (χ4v) is 8.08. The van der Waals surface area contributed by atoms with Crippen LogP contribution in [0.15, 0.2) is 17.1 Å². The van der Waals surface area contributed by atoms with Crippen LogP contribution in [0, 0.1) is 0 Å². The van der Waals surface area contributed by atoms with E-state index in [4.69, 9.17) is 17.2 Å². The van der Waals surface area contributed by atoms with Crippen LogP contribution in [0.5, 0.6) is 0 Å². The summed E-state index contributed by atoms with van der Waals surface area (Å²) in [7, 11) is 0. The molecular formula is C52H100N8O5. The molecule has 0 aliphatic heterocycles. The Bertz CT molecular complexity index is 1190. The van der Waals surface area contributed by atoms with Gasteiger partial charge in [0.2, 0.25) is 29.5 Å². The molecule has 0 spiro atoms. The topological polar surface area (TPSA) is 215 Å². The average Bonchev–Trinajstić information content (AvgIpc) is 3.28. The summed E-state index contributed by atoms with van der Waals surface area (Å²) in [6.07, 6.45) is 43.4. The first kappa shape index (κ1) is 61.4. The highest BCUT2D eigenvalue weighted by Crippen LogP contribution is 2.15. The van der Waals surface area contributed by atoms with Gasteiger partial charge in [-0.2, -0.15) is 0 Å². The average molecular weight is 917 g/mol. The van der Waals surface area contributed by atoms with Crippen molar-refractivity contribution in [3.8, 4) is 0 Å². The quantitative estimate of drug-likeness (QED) is 0.0150.